The van der Waals surface area contributed by atoms with Gasteiger partial charge in [0.25, 0.3) is 0 Å². The second-order valence-electron chi connectivity index (χ2n) is 8.97. The summed E-state index contributed by atoms with van der Waals surface area (Å²) >= 11 is 0. The van der Waals surface area contributed by atoms with Gasteiger partial charge in [-0.3, -0.25) is 10.3 Å². The van der Waals surface area contributed by atoms with E-state index in [1.807, 2.05) is 28.8 Å². The van der Waals surface area contributed by atoms with Crippen LogP contribution in [0.25, 0.3) is 11.0 Å². The minimum absolute atomic E-state index is 0.00573. The van der Waals surface area contributed by atoms with Crippen molar-refractivity contribution in [3.8, 4) is 0 Å². The average molecular weight is 463 g/mol. The van der Waals surface area contributed by atoms with E-state index >= 15 is 0 Å². The number of para-hydroxylation sites is 2. The predicted octanol–water partition coefficient (Wildman–Crippen LogP) is 1.73. The maximum absolute atomic E-state index is 7.94. The van der Waals surface area contributed by atoms with Crippen LogP contribution in [0.3, 0.4) is 0 Å². The molecule has 0 aliphatic carbocycles. The van der Waals surface area contributed by atoms with Crippen molar-refractivity contribution in [2.75, 3.05) is 52.4 Å². The fourth-order valence-corrected chi connectivity index (χ4v) is 4.46. The Morgan fingerprint density at radius 1 is 0.794 bits per heavy atom. The number of rotatable bonds is 5. The van der Waals surface area contributed by atoms with Gasteiger partial charge in [-0.25, -0.2) is 4.98 Å². The Balaban J connectivity index is 1.39. The molecule has 2 aromatic carbocycles. The third kappa shape index (κ3) is 6.87. The number of amidine groups is 1. The van der Waals surface area contributed by atoms with Crippen molar-refractivity contribution in [1.82, 2.24) is 30.4 Å². The molecule has 6 N–H and O–H groups in total. The Hall–Kier alpha value is -2.78. The number of hydrogen-bond acceptors (Lipinski definition) is 6. The number of imidazole rings is 1. The van der Waals surface area contributed by atoms with Crippen molar-refractivity contribution < 1.29 is 0 Å². The summed E-state index contributed by atoms with van der Waals surface area (Å²) in [6, 6.07) is 16.8. The SMILES string of the molecule is N=C(N)c1nc2ccccc2n1Cc1ccc(CN2CCCNCCNCCCNCC2)cc1. The van der Waals surface area contributed by atoms with Gasteiger partial charge in [0, 0.05) is 39.3 Å². The van der Waals surface area contributed by atoms with E-state index in [0.29, 0.717) is 12.4 Å². The van der Waals surface area contributed by atoms with Crippen molar-refractivity contribution in [3.05, 3.63) is 65.5 Å². The molecule has 8 heteroatoms. The molecule has 0 amide bonds. The van der Waals surface area contributed by atoms with Crippen LogP contribution in [0.1, 0.15) is 29.8 Å². The van der Waals surface area contributed by atoms with E-state index in [4.69, 9.17) is 11.1 Å². The Morgan fingerprint density at radius 3 is 2.18 bits per heavy atom. The molecular weight excluding hydrogens is 424 g/mol. The number of hydrogen-bond donors (Lipinski definition) is 5. The van der Waals surface area contributed by atoms with Gasteiger partial charge >= 0.3 is 0 Å². The molecular formula is C26H38N8. The highest BCUT2D eigenvalue weighted by Crippen LogP contribution is 2.18. The van der Waals surface area contributed by atoms with Gasteiger partial charge in [0.2, 0.25) is 0 Å². The van der Waals surface area contributed by atoms with E-state index in [2.05, 4.69) is 50.1 Å². The first-order valence-electron chi connectivity index (χ1n) is 12.4. The van der Waals surface area contributed by atoms with Crippen LogP contribution in [0.5, 0.6) is 0 Å². The molecule has 1 saturated heterocycles. The molecule has 182 valence electrons. The number of nitrogens with zero attached hydrogens (tertiary/aromatic N) is 3. The van der Waals surface area contributed by atoms with Gasteiger partial charge in [-0.1, -0.05) is 36.4 Å². The fourth-order valence-electron chi connectivity index (χ4n) is 4.46. The minimum atomic E-state index is -0.00573. The number of fused-ring (bicyclic) bond motifs is 1. The van der Waals surface area contributed by atoms with Crippen molar-refractivity contribution in [2.45, 2.75) is 25.9 Å². The number of nitrogens with one attached hydrogen (secondary N) is 4. The van der Waals surface area contributed by atoms with Gasteiger partial charge in [-0.15, -0.1) is 0 Å². The monoisotopic (exact) mass is 462 g/mol. The molecule has 1 aromatic heterocycles. The van der Waals surface area contributed by atoms with Gasteiger partial charge in [-0.2, -0.15) is 0 Å². The molecule has 1 fully saturated rings. The Labute approximate surface area is 202 Å². The molecule has 0 atom stereocenters. The van der Waals surface area contributed by atoms with Gasteiger partial charge in [-0.05, 0) is 62.3 Å². The van der Waals surface area contributed by atoms with E-state index in [0.717, 1.165) is 76.4 Å². The average Bonchev–Trinajstić information content (AvgIpc) is 3.21. The number of nitrogen functional groups attached to an aromatic ring is 1. The van der Waals surface area contributed by atoms with Crippen LogP contribution in [-0.4, -0.2) is 72.6 Å². The Kier molecular flexibility index (Phi) is 9.04. The van der Waals surface area contributed by atoms with Gasteiger partial charge in [0.1, 0.15) is 0 Å². The summed E-state index contributed by atoms with van der Waals surface area (Å²) in [6.07, 6.45) is 2.32. The summed E-state index contributed by atoms with van der Waals surface area (Å²) in [5.74, 6) is 0.516. The van der Waals surface area contributed by atoms with Crippen molar-refractivity contribution in [3.63, 3.8) is 0 Å². The topological polar surface area (TPSA) is 107 Å². The van der Waals surface area contributed by atoms with Crippen molar-refractivity contribution in [2.24, 2.45) is 5.73 Å². The zero-order valence-electron chi connectivity index (χ0n) is 20.0. The Morgan fingerprint density at radius 2 is 1.44 bits per heavy atom. The highest BCUT2D eigenvalue weighted by Gasteiger charge is 2.13. The maximum atomic E-state index is 7.94. The van der Waals surface area contributed by atoms with Crippen LogP contribution >= 0.6 is 0 Å². The smallest absolute Gasteiger partial charge is 0.176 e. The molecule has 1 aliphatic rings. The molecule has 34 heavy (non-hydrogen) atoms. The quantitative estimate of drug-likeness (QED) is 0.292. The fraction of sp³-hybridized carbons (Fsp3) is 0.462. The summed E-state index contributed by atoms with van der Waals surface area (Å²) in [7, 11) is 0. The molecule has 0 unspecified atom stereocenters. The lowest BCUT2D eigenvalue weighted by Crippen LogP contribution is -2.36. The molecule has 3 aromatic rings. The molecule has 2 heterocycles. The first-order valence-corrected chi connectivity index (χ1v) is 12.4. The molecule has 0 bridgehead atoms. The van der Waals surface area contributed by atoms with Crippen LogP contribution in [0.4, 0.5) is 0 Å². The molecule has 4 rings (SSSR count). The number of aromatic nitrogens is 2. The van der Waals surface area contributed by atoms with E-state index in [9.17, 15) is 0 Å². The zero-order valence-corrected chi connectivity index (χ0v) is 20.0. The summed E-state index contributed by atoms with van der Waals surface area (Å²) in [5, 5.41) is 18.5. The third-order valence-electron chi connectivity index (χ3n) is 6.28. The Bertz CT molecular complexity index is 1030. The summed E-state index contributed by atoms with van der Waals surface area (Å²) in [5.41, 5.74) is 10.2. The van der Waals surface area contributed by atoms with Gasteiger partial charge in [0.05, 0.1) is 11.0 Å². The van der Waals surface area contributed by atoms with E-state index in [1.165, 1.54) is 17.5 Å². The molecule has 0 radical (unpaired) electrons. The largest absolute Gasteiger partial charge is 0.381 e. The van der Waals surface area contributed by atoms with Gasteiger partial charge in [0.15, 0.2) is 11.7 Å². The lowest BCUT2D eigenvalue weighted by atomic mass is 10.1. The number of nitrogens with two attached hydrogens (primary N) is 1. The zero-order chi connectivity index (χ0) is 23.6. The number of benzene rings is 2. The normalized spacial score (nSPS) is 17.4. The highest BCUT2D eigenvalue weighted by atomic mass is 15.1. The van der Waals surface area contributed by atoms with Crippen LogP contribution in [0.2, 0.25) is 0 Å². The standard InChI is InChI=1S/C26H38N8/c27-25(28)26-32-23-5-1-2-6-24(23)34(26)20-22-9-7-21(8-10-22)19-33-17-4-13-30-15-14-29-11-3-12-31-16-18-33/h1-2,5-10,29-31H,3-4,11-20H2,(H3,27,28). The van der Waals surface area contributed by atoms with Crippen molar-refractivity contribution in [1.29, 1.82) is 5.41 Å². The molecule has 0 saturated carbocycles. The minimum Gasteiger partial charge on any atom is -0.381 e. The first kappa shape index (κ1) is 24.3. The second kappa shape index (κ2) is 12.6. The summed E-state index contributed by atoms with van der Waals surface area (Å²) < 4.78 is 2.03. The highest BCUT2D eigenvalue weighted by molar-refractivity contribution is 5.95. The second-order valence-corrected chi connectivity index (χ2v) is 8.97. The van der Waals surface area contributed by atoms with Crippen LogP contribution in [0, 0.1) is 5.41 Å². The van der Waals surface area contributed by atoms with E-state index in [-0.39, 0.29) is 5.84 Å². The summed E-state index contributed by atoms with van der Waals surface area (Å²) in [6.45, 7) is 10.0. The lowest BCUT2D eigenvalue weighted by Gasteiger charge is -2.23. The third-order valence-corrected chi connectivity index (χ3v) is 6.28. The van der Waals surface area contributed by atoms with Crippen molar-refractivity contribution >= 4 is 16.9 Å². The van der Waals surface area contributed by atoms with Gasteiger partial charge < -0.3 is 26.3 Å². The van der Waals surface area contributed by atoms with Crippen LogP contribution in [0.15, 0.2) is 48.5 Å². The molecule has 0 spiro atoms. The van der Waals surface area contributed by atoms with Crippen LogP contribution < -0.4 is 21.7 Å². The predicted molar refractivity (Wildman–Crippen MR) is 139 cm³/mol. The molecule has 8 nitrogen and oxygen atoms in total. The lowest BCUT2D eigenvalue weighted by molar-refractivity contribution is 0.260. The van der Waals surface area contributed by atoms with E-state index < -0.39 is 0 Å². The van der Waals surface area contributed by atoms with E-state index in [1.54, 1.807) is 0 Å². The first-order chi connectivity index (χ1) is 16.7. The van der Waals surface area contributed by atoms with Crippen LogP contribution in [-0.2, 0) is 13.1 Å². The molecule has 1 aliphatic heterocycles. The summed E-state index contributed by atoms with van der Waals surface area (Å²) in [4.78, 5) is 7.10. The maximum Gasteiger partial charge on any atom is 0.176 e.